The van der Waals surface area contributed by atoms with Gasteiger partial charge in [0.25, 0.3) is 0 Å². The van der Waals surface area contributed by atoms with Crippen molar-refractivity contribution in [3.63, 3.8) is 0 Å². The van der Waals surface area contributed by atoms with E-state index in [0.717, 1.165) is 19.5 Å². The topological polar surface area (TPSA) is 29.9 Å². The molecule has 0 saturated heterocycles. The van der Waals surface area contributed by atoms with Crippen LogP contribution in [0.4, 0.5) is 0 Å². The molecule has 1 unspecified atom stereocenters. The van der Waals surface area contributed by atoms with E-state index in [1.807, 2.05) is 0 Å². The number of nitrogens with zero attached hydrogens (tertiary/aromatic N) is 2. The Kier molecular flexibility index (Phi) is 6.25. The Balaban J connectivity index is 2.66. The molecule has 0 aromatic carbocycles. The lowest BCUT2D eigenvalue weighted by atomic mass is 10.1. The van der Waals surface area contributed by atoms with Gasteiger partial charge in [-0.05, 0) is 65.5 Å². The Hall–Kier alpha value is -0.830. The first-order valence-electron chi connectivity index (χ1n) is 8.02. The normalized spacial score (nSPS) is 13.8. The van der Waals surface area contributed by atoms with E-state index in [0.29, 0.717) is 5.92 Å². The van der Waals surface area contributed by atoms with Crippen LogP contribution < -0.4 is 5.32 Å². The first-order chi connectivity index (χ1) is 9.24. The standard InChI is InChI=1S/C17H33N3/c1-8-9-13(2)12-20-15(4)16(14(3)19-20)10-11-18-17(5,6)7/h13,18H,8-12H2,1-7H3. The predicted octanol–water partition coefficient (Wildman–Crippen LogP) is 3.87. The average molecular weight is 279 g/mol. The van der Waals surface area contributed by atoms with Crippen molar-refractivity contribution in [1.29, 1.82) is 0 Å². The summed E-state index contributed by atoms with van der Waals surface area (Å²) in [4.78, 5) is 0. The molecule has 1 aromatic heterocycles. The summed E-state index contributed by atoms with van der Waals surface area (Å²) in [6.07, 6.45) is 3.60. The second-order valence-corrected chi connectivity index (χ2v) is 7.15. The summed E-state index contributed by atoms with van der Waals surface area (Å²) in [6, 6.07) is 0. The van der Waals surface area contributed by atoms with Gasteiger partial charge < -0.3 is 5.32 Å². The van der Waals surface area contributed by atoms with Gasteiger partial charge in [0.1, 0.15) is 0 Å². The van der Waals surface area contributed by atoms with Gasteiger partial charge in [0, 0.05) is 17.8 Å². The third kappa shape index (κ3) is 5.28. The van der Waals surface area contributed by atoms with E-state index in [1.165, 1.54) is 29.8 Å². The van der Waals surface area contributed by atoms with Gasteiger partial charge in [0.15, 0.2) is 0 Å². The Bertz CT molecular complexity index is 413. The van der Waals surface area contributed by atoms with Crippen molar-refractivity contribution < 1.29 is 0 Å². The van der Waals surface area contributed by atoms with Crippen LogP contribution in [-0.2, 0) is 13.0 Å². The Labute approximate surface area is 125 Å². The molecule has 1 rings (SSSR count). The van der Waals surface area contributed by atoms with E-state index >= 15 is 0 Å². The fourth-order valence-corrected chi connectivity index (χ4v) is 2.72. The molecular weight excluding hydrogens is 246 g/mol. The smallest absolute Gasteiger partial charge is 0.0628 e. The summed E-state index contributed by atoms with van der Waals surface area (Å²) in [5.41, 5.74) is 4.15. The second-order valence-electron chi connectivity index (χ2n) is 7.15. The van der Waals surface area contributed by atoms with Gasteiger partial charge in [-0.2, -0.15) is 5.10 Å². The molecule has 1 N–H and O–H groups in total. The van der Waals surface area contributed by atoms with Gasteiger partial charge >= 0.3 is 0 Å². The summed E-state index contributed by atoms with van der Waals surface area (Å²) < 4.78 is 2.21. The van der Waals surface area contributed by atoms with Crippen molar-refractivity contribution in [3.05, 3.63) is 17.0 Å². The number of hydrogen-bond donors (Lipinski definition) is 1. The molecule has 0 fully saturated rings. The van der Waals surface area contributed by atoms with E-state index in [-0.39, 0.29) is 5.54 Å². The van der Waals surface area contributed by atoms with Crippen LogP contribution in [0.5, 0.6) is 0 Å². The lowest BCUT2D eigenvalue weighted by Gasteiger charge is -2.20. The summed E-state index contributed by atoms with van der Waals surface area (Å²) in [5.74, 6) is 0.707. The highest BCUT2D eigenvalue weighted by atomic mass is 15.3. The quantitative estimate of drug-likeness (QED) is 0.821. The highest BCUT2D eigenvalue weighted by Crippen LogP contribution is 2.17. The molecule has 1 heterocycles. The maximum atomic E-state index is 4.74. The average Bonchev–Trinajstić information content (AvgIpc) is 2.55. The van der Waals surface area contributed by atoms with Crippen LogP contribution >= 0.6 is 0 Å². The third-order valence-electron chi connectivity index (χ3n) is 3.83. The Morgan fingerprint density at radius 1 is 1.25 bits per heavy atom. The fourth-order valence-electron chi connectivity index (χ4n) is 2.72. The van der Waals surface area contributed by atoms with E-state index in [9.17, 15) is 0 Å². The van der Waals surface area contributed by atoms with E-state index in [1.54, 1.807) is 0 Å². The van der Waals surface area contributed by atoms with Crippen molar-refractivity contribution in [2.45, 2.75) is 79.8 Å². The number of aryl methyl sites for hydroxylation is 1. The maximum absolute atomic E-state index is 4.74. The molecule has 1 aromatic rings. The minimum absolute atomic E-state index is 0.188. The SMILES string of the molecule is CCCC(C)Cn1nc(C)c(CCNC(C)(C)C)c1C. The van der Waals surface area contributed by atoms with Crippen molar-refractivity contribution >= 4 is 0 Å². The Morgan fingerprint density at radius 3 is 2.45 bits per heavy atom. The third-order valence-corrected chi connectivity index (χ3v) is 3.83. The molecule has 3 nitrogen and oxygen atoms in total. The summed E-state index contributed by atoms with van der Waals surface area (Å²) in [7, 11) is 0. The minimum atomic E-state index is 0.188. The first kappa shape index (κ1) is 17.2. The van der Waals surface area contributed by atoms with Gasteiger partial charge in [0.05, 0.1) is 5.69 Å². The summed E-state index contributed by atoms with van der Waals surface area (Å²) >= 11 is 0. The molecule has 0 amide bonds. The van der Waals surface area contributed by atoms with E-state index in [4.69, 9.17) is 5.10 Å². The zero-order valence-corrected chi connectivity index (χ0v) is 14.5. The predicted molar refractivity (Wildman–Crippen MR) is 87.2 cm³/mol. The second kappa shape index (κ2) is 7.26. The molecule has 0 aliphatic heterocycles. The number of rotatable bonds is 7. The van der Waals surface area contributed by atoms with Crippen LogP contribution in [0.15, 0.2) is 0 Å². The van der Waals surface area contributed by atoms with Crippen LogP contribution in [0, 0.1) is 19.8 Å². The van der Waals surface area contributed by atoms with Crippen LogP contribution in [0.3, 0.4) is 0 Å². The van der Waals surface area contributed by atoms with Gasteiger partial charge in [-0.1, -0.05) is 20.3 Å². The van der Waals surface area contributed by atoms with Crippen molar-refractivity contribution in [3.8, 4) is 0 Å². The minimum Gasteiger partial charge on any atom is -0.312 e. The van der Waals surface area contributed by atoms with Gasteiger partial charge in [-0.3, -0.25) is 4.68 Å². The zero-order valence-electron chi connectivity index (χ0n) is 14.5. The molecule has 3 heteroatoms. The van der Waals surface area contributed by atoms with E-state index in [2.05, 4.69) is 58.5 Å². The molecule has 0 radical (unpaired) electrons. The monoisotopic (exact) mass is 279 g/mol. The van der Waals surface area contributed by atoms with Gasteiger partial charge in [-0.25, -0.2) is 0 Å². The highest BCUT2D eigenvalue weighted by molar-refractivity contribution is 5.24. The van der Waals surface area contributed by atoms with Gasteiger partial charge in [0.2, 0.25) is 0 Å². The molecule has 1 atom stereocenters. The van der Waals surface area contributed by atoms with Gasteiger partial charge in [-0.15, -0.1) is 0 Å². The van der Waals surface area contributed by atoms with Crippen molar-refractivity contribution in [2.24, 2.45) is 5.92 Å². The Morgan fingerprint density at radius 2 is 1.90 bits per heavy atom. The van der Waals surface area contributed by atoms with Crippen LogP contribution in [0.1, 0.15) is 64.4 Å². The van der Waals surface area contributed by atoms with Crippen LogP contribution in [0.25, 0.3) is 0 Å². The molecule has 20 heavy (non-hydrogen) atoms. The van der Waals surface area contributed by atoms with E-state index < -0.39 is 0 Å². The lowest BCUT2D eigenvalue weighted by molar-refractivity contribution is 0.413. The number of nitrogens with one attached hydrogen (secondary N) is 1. The largest absolute Gasteiger partial charge is 0.312 e. The highest BCUT2D eigenvalue weighted by Gasteiger charge is 2.14. The molecule has 0 bridgehead atoms. The first-order valence-corrected chi connectivity index (χ1v) is 8.02. The molecular formula is C17H33N3. The molecule has 0 aliphatic carbocycles. The fraction of sp³-hybridized carbons (Fsp3) is 0.824. The molecule has 0 spiro atoms. The molecule has 116 valence electrons. The zero-order chi connectivity index (χ0) is 15.3. The number of hydrogen-bond acceptors (Lipinski definition) is 2. The molecule has 0 saturated carbocycles. The van der Waals surface area contributed by atoms with Crippen LogP contribution in [0.2, 0.25) is 0 Å². The maximum Gasteiger partial charge on any atom is 0.0628 e. The molecule has 0 aliphatic rings. The lowest BCUT2D eigenvalue weighted by Crippen LogP contribution is -2.37. The summed E-state index contributed by atoms with van der Waals surface area (Å²) in [6.45, 7) is 17.6. The summed E-state index contributed by atoms with van der Waals surface area (Å²) in [5, 5.41) is 8.29. The number of aromatic nitrogens is 2. The van der Waals surface area contributed by atoms with Crippen molar-refractivity contribution in [2.75, 3.05) is 6.54 Å². The van der Waals surface area contributed by atoms with Crippen molar-refractivity contribution in [1.82, 2.24) is 15.1 Å². The van der Waals surface area contributed by atoms with Crippen LogP contribution in [-0.4, -0.2) is 21.9 Å².